The molecule has 0 bridgehead atoms. The summed E-state index contributed by atoms with van der Waals surface area (Å²) >= 11 is 0. The van der Waals surface area contributed by atoms with Crippen LogP contribution < -0.4 is 10.1 Å². The summed E-state index contributed by atoms with van der Waals surface area (Å²) in [5, 5.41) is 4.34. The fourth-order valence-corrected chi connectivity index (χ4v) is 2.92. The molecule has 0 radical (unpaired) electrons. The molecular weight excluding hydrogens is 336 g/mol. The van der Waals surface area contributed by atoms with Crippen molar-refractivity contribution in [1.82, 2.24) is 15.0 Å². The van der Waals surface area contributed by atoms with Crippen LogP contribution in [0.25, 0.3) is 22.0 Å². The Morgan fingerprint density at radius 1 is 0.926 bits per heavy atom. The Labute approximate surface area is 158 Å². The zero-order chi connectivity index (χ0) is 18.6. The van der Waals surface area contributed by atoms with Gasteiger partial charge in [-0.2, -0.15) is 0 Å². The minimum atomic E-state index is 0.553. The van der Waals surface area contributed by atoms with E-state index in [1.54, 1.807) is 0 Å². The van der Waals surface area contributed by atoms with Gasteiger partial charge in [-0.3, -0.25) is 4.98 Å². The van der Waals surface area contributed by atoms with Gasteiger partial charge in [-0.05, 0) is 44.2 Å². The second-order valence-corrected chi connectivity index (χ2v) is 6.21. The van der Waals surface area contributed by atoms with Gasteiger partial charge >= 0.3 is 0 Å². The van der Waals surface area contributed by atoms with Gasteiger partial charge < -0.3 is 10.1 Å². The Morgan fingerprint density at radius 3 is 2.59 bits per heavy atom. The molecule has 1 N–H and O–H groups in total. The number of nitrogens with one attached hydrogen (secondary N) is 1. The van der Waals surface area contributed by atoms with Crippen LogP contribution in [-0.2, 0) is 0 Å². The lowest BCUT2D eigenvalue weighted by atomic mass is 10.1. The van der Waals surface area contributed by atoms with E-state index in [1.807, 2.05) is 68.7 Å². The average Bonchev–Trinajstić information content (AvgIpc) is 2.69. The predicted molar refractivity (Wildman–Crippen MR) is 108 cm³/mol. The SMILES string of the molecule is CCOc1cc(-c2cnc3ccccc3c2)cnc1Nc1cccc(C)n1. The minimum Gasteiger partial charge on any atom is -0.490 e. The first-order valence-corrected chi connectivity index (χ1v) is 8.91. The van der Waals surface area contributed by atoms with Crippen molar-refractivity contribution < 1.29 is 4.74 Å². The van der Waals surface area contributed by atoms with Crippen molar-refractivity contribution >= 4 is 22.5 Å². The molecule has 0 fully saturated rings. The normalized spacial score (nSPS) is 10.7. The van der Waals surface area contributed by atoms with Gasteiger partial charge in [0.05, 0.1) is 12.1 Å². The molecule has 0 amide bonds. The third-order valence-corrected chi connectivity index (χ3v) is 4.21. The molecule has 0 aliphatic rings. The number of rotatable bonds is 5. The largest absolute Gasteiger partial charge is 0.490 e. The lowest BCUT2D eigenvalue weighted by Crippen LogP contribution is -2.02. The Morgan fingerprint density at radius 2 is 1.74 bits per heavy atom. The maximum Gasteiger partial charge on any atom is 0.174 e. The summed E-state index contributed by atoms with van der Waals surface area (Å²) in [7, 11) is 0. The van der Waals surface area contributed by atoms with Crippen LogP contribution in [0.4, 0.5) is 11.6 Å². The number of pyridine rings is 3. The van der Waals surface area contributed by atoms with E-state index in [0.717, 1.165) is 33.5 Å². The number of hydrogen-bond acceptors (Lipinski definition) is 5. The molecule has 0 spiro atoms. The van der Waals surface area contributed by atoms with Crippen molar-refractivity contribution in [2.75, 3.05) is 11.9 Å². The topological polar surface area (TPSA) is 59.9 Å². The molecule has 3 heterocycles. The smallest absolute Gasteiger partial charge is 0.174 e. The summed E-state index contributed by atoms with van der Waals surface area (Å²) in [5.41, 5.74) is 3.88. The Bertz CT molecular complexity index is 1090. The van der Waals surface area contributed by atoms with E-state index in [4.69, 9.17) is 4.74 Å². The number of fused-ring (bicyclic) bond motifs is 1. The van der Waals surface area contributed by atoms with Crippen molar-refractivity contribution in [2.45, 2.75) is 13.8 Å². The number of anilines is 2. The number of para-hydroxylation sites is 1. The molecule has 5 nitrogen and oxygen atoms in total. The van der Waals surface area contributed by atoms with E-state index < -0.39 is 0 Å². The van der Waals surface area contributed by atoms with Gasteiger partial charge in [0.2, 0.25) is 0 Å². The quantitative estimate of drug-likeness (QED) is 0.536. The molecule has 0 unspecified atom stereocenters. The highest BCUT2D eigenvalue weighted by Crippen LogP contribution is 2.31. The molecule has 0 saturated carbocycles. The minimum absolute atomic E-state index is 0.553. The molecule has 4 rings (SSSR count). The molecule has 5 heteroatoms. The summed E-state index contributed by atoms with van der Waals surface area (Å²) < 4.78 is 5.82. The third-order valence-electron chi connectivity index (χ3n) is 4.21. The highest BCUT2D eigenvalue weighted by Gasteiger charge is 2.10. The summed E-state index contributed by atoms with van der Waals surface area (Å²) in [6.07, 6.45) is 3.69. The van der Waals surface area contributed by atoms with Crippen LogP contribution in [0.15, 0.2) is 67.0 Å². The zero-order valence-corrected chi connectivity index (χ0v) is 15.3. The van der Waals surface area contributed by atoms with E-state index in [2.05, 4.69) is 32.4 Å². The van der Waals surface area contributed by atoms with E-state index >= 15 is 0 Å². The number of hydrogen-bond donors (Lipinski definition) is 1. The second kappa shape index (κ2) is 7.41. The van der Waals surface area contributed by atoms with Gasteiger partial charge in [0.25, 0.3) is 0 Å². The van der Waals surface area contributed by atoms with Gasteiger partial charge in [-0.1, -0.05) is 24.3 Å². The number of aromatic nitrogens is 3. The molecule has 3 aromatic heterocycles. The van der Waals surface area contributed by atoms with Crippen LogP contribution in [-0.4, -0.2) is 21.6 Å². The van der Waals surface area contributed by atoms with Crippen LogP contribution in [0.3, 0.4) is 0 Å². The van der Waals surface area contributed by atoms with E-state index in [1.165, 1.54) is 0 Å². The first-order chi connectivity index (χ1) is 13.2. The van der Waals surface area contributed by atoms with Crippen molar-refractivity contribution in [3.05, 3.63) is 72.7 Å². The maximum absolute atomic E-state index is 5.82. The van der Waals surface area contributed by atoms with Gasteiger partial charge in [-0.25, -0.2) is 9.97 Å². The first kappa shape index (κ1) is 17.0. The summed E-state index contributed by atoms with van der Waals surface area (Å²) in [6.45, 7) is 4.47. The fraction of sp³-hybridized carbons (Fsp3) is 0.136. The Hall–Kier alpha value is -3.47. The zero-order valence-electron chi connectivity index (χ0n) is 15.3. The van der Waals surface area contributed by atoms with E-state index in [-0.39, 0.29) is 0 Å². The standard InChI is InChI=1S/C22H20N4O/c1-3-27-20-12-18(17-11-16-8-4-5-9-19(16)23-13-17)14-24-22(20)26-21-10-6-7-15(2)25-21/h4-14H,3H2,1-2H3,(H,24,25,26). The lowest BCUT2D eigenvalue weighted by Gasteiger charge is -2.13. The van der Waals surface area contributed by atoms with Crippen LogP contribution in [0, 0.1) is 6.92 Å². The maximum atomic E-state index is 5.82. The van der Waals surface area contributed by atoms with Gasteiger partial charge in [0, 0.05) is 34.6 Å². The van der Waals surface area contributed by atoms with Crippen LogP contribution in [0.1, 0.15) is 12.6 Å². The van der Waals surface area contributed by atoms with Crippen molar-refractivity contribution in [3.63, 3.8) is 0 Å². The molecule has 0 saturated heterocycles. The fourth-order valence-electron chi connectivity index (χ4n) is 2.92. The first-order valence-electron chi connectivity index (χ1n) is 8.91. The molecular formula is C22H20N4O. The predicted octanol–water partition coefficient (Wildman–Crippen LogP) is 5.14. The lowest BCUT2D eigenvalue weighted by molar-refractivity contribution is 0.341. The van der Waals surface area contributed by atoms with Crippen LogP contribution >= 0.6 is 0 Å². The van der Waals surface area contributed by atoms with Crippen molar-refractivity contribution in [2.24, 2.45) is 0 Å². The number of ether oxygens (including phenoxy) is 1. The molecule has 0 atom stereocenters. The average molecular weight is 356 g/mol. The Balaban J connectivity index is 1.71. The van der Waals surface area contributed by atoms with E-state index in [0.29, 0.717) is 18.2 Å². The van der Waals surface area contributed by atoms with Crippen molar-refractivity contribution in [3.8, 4) is 16.9 Å². The van der Waals surface area contributed by atoms with Gasteiger partial charge in [0.15, 0.2) is 11.6 Å². The van der Waals surface area contributed by atoms with Crippen molar-refractivity contribution in [1.29, 1.82) is 0 Å². The van der Waals surface area contributed by atoms with Crippen LogP contribution in [0.5, 0.6) is 5.75 Å². The highest BCUT2D eigenvalue weighted by molar-refractivity contribution is 5.83. The number of benzene rings is 1. The summed E-state index contributed by atoms with van der Waals surface area (Å²) in [5.74, 6) is 2.07. The van der Waals surface area contributed by atoms with Gasteiger partial charge in [-0.15, -0.1) is 0 Å². The molecule has 0 aliphatic heterocycles. The highest BCUT2D eigenvalue weighted by atomic mass is 16.5. The molecule has 4 aromatic rings. The molecule has 27 heavy (non-hydrogen) atoms. The molecule has 1 aromatic carbocycles. The molecule has 0 aliphatic carbocycles. The number of nitrogens with zero attached hydrogens (tertiary/aromatic N) is 3. The van der Waals surface area contributed by atoms with E-state index in [9.17, 15) is 0 Å². The monoisotopic (exact) mass is 356 g/mol. The Kier molecular flexibility index (Phi) is 4.66. The summed E-state index contributed by atoms with van der Waals surface area (Å²) in [4.78, 5) is 13.6. The number of aryl methyl sites for hydroxylation is 1. The molecule has 134 valence electrons. The van der Waals surface area contributed by atoms with Gasteiger partial charge in [0.1, 0.15) is 5.82 Å². The van der Waals surface area contributed by atoms with Crippen LogP contribution in [0.2, 0.25) is 0 Å². The third kappa shape index (κ3) is 3.72. The second-order valence-electron chi connectivity index (χ2n) is 6.21. The summed E-state index contributed by atoms with van der Waals surface area (Å²) in [6, 6.07) is 18.0.